The fourth-order valence-electron chi connectivity index (χ4n) is 1.24. The van der Waals surface area contributed by atoms with Crippen LogP contribution in [0.3, 0.4) is 0 Å². The summed E-state index contributed by atoms with van der Waals surface area (Å²) in [4.78, 5) is 10.6. The van der Waals surface area contributed by atoms with Crippen LogP contribution < -0.4 is 5.32 Å². The van der Waals surface area contributed by atoms with Crippen LogP contribution in [-0.4, -0.2) is 18.7 Å². The number of carbonyl (C=O) groups is 1. The lowest BCUT2D eigenvalue weighted by Crippen LogP contribution is -2.40. The number of nitriles is 1. The summed E-state index contributed by atoms with van der Waals surface area (Å²) in [6.07, 6.45) is 1.11. The van der Waals surface area contributed by atoms with E-state index < -0.39 is 0 Å². The molecule has 1 amide bonds. The molecule has 1 aliphatic rings. The maximum absolute atomic E-state index is 10.6. The number of amides is 1. The molecule has 0 radical (unpaired) electrons. The van der Waals surface area contributed by atoms with E-state index in [2.05, 4.69) is 11.4 Å². The minimum absolute atomic E-state index is 0.0237. The molecule has 4 heteroatoms. The van der Waals surface area contributed by atoms with Gasteiger partial charge in [0.15, 0.2) is 0 Å². The number of hydrogen-bond donors (Lipinski definition) is 1. The predicted octanol–water partition coefficient (Wildman–Crippen LogP) is 0.399. The average molecular weight is 168 g/mol. The minimum Gasteiger partial charge on any atom is -0.358 e. The standard InChI is InChI=1S/C8H12N2O2/c1-6(11)10-8-4-7(5-9)2-3-12-8/h7-8H,2-4H2,1H3,(H,10,11). The Morgan fingerprint density at radius 2 is 2.50 bits per heavy atom. The molecule has 2 atom stereocenters. The number of ether oxygens (including phenoxy) is 1. The van der Waals surface area contributed by atoms with Crippen LogP contribution in [0, 0.1) is 17.2 Å². The molecule has 0 saturated carbocycles. The van der Waals surface area contributed by atoms with E-state index in [-0.39, 0.29) is 18.1 Å². The lowest BCUT2D eigenvalue weighted by Gasteiger charge is -2.25. The first-order valence-electron chi connectivity index (χ1n) is 4.00. The van der Waals surface area contributed by atoms with Gasteiger partial charge < -0.3 is 10.1 Å². The highest BCUT2D eigenvalue weighted by Crippen LogP contribution is 2.17. The van der Waals surface area contributed by atoms with Crippen LogP contribution in [0.1, 0.15) is 19.8 Å². The van der Waals surface area contributed by atoms with Crippen molar-refractivity contribution >= 4 is 5.91 Å². The molecule has 0 aliphatic carbocycles. The molecule has 1 rings (SSSR count). The second-order valence-corrected chi connectivity index (χ2v) is 2.91. The minimum atomic E-state index is -0.263. The smallest absolute Gasteiger partial charge is 0.218 e. The number of rotatable bonds is 1. The van der Waals surface area contributed by atoms with Gasteiger partial charge in [-0.2, -0.15) is 5.26 Å². The molecule has 0 aromatic heterocycles. The first-order chi connectivity index (χ1) is 5.72. The summed E-state index contributed by atoms with van der Waals surface area (Å²) >= 11 is 0. The number of nitrogens with zero attached hydrogens (tertiary/aromatic N) is 1. The summed E-state index contributed by atoms with van der Waals surface area (Å²) in [5.41, 5.74) is 0. The van der Waals surface area contributed by atoms with Gasteiger partial charge in [0.1, 0.15) is 6.23 Å². The van der Waals surface area contributed by atoms with Gasteiger partial charge in [-0.15, -0.1) is 0 Å². The maximum atomic E-state index is 10.6. The Bertz CT molecular complexity index is 210. The summed E-state index contributed by atoms with van der Waals surface area (Å²) in [5, 5.41) is 11.3. The molecule has 66 valence electrons. The van der Waals surface area contributed by atoms with Crippen molar-refractivity contribution in [1.29, 1.82) is 5.26 Å². The zero-order valence-electron chi connectivity index (χ0n) is 7.04. The van der Waals surface area contributed by atoms with Crippen molar-refractivity contribution < 1.29 is 9.53 Å². The van der Waals surface area contributed by atoms with Crippen LogP contribution in [-0.2, 0) is 9.53 Å². The van der Waals surface area contributed by atoms with Gasteiger partial charge in [0.2, 0.25) is 5.91 Å². The van der Waals surface area contributed by atoms with Gasteiger partial charge in [-0.1, -0.05) is 0 Å². The monoisotopic (exact) mass is 168 g/mol. The van der Waals surface area contributed by atoms with E-state index in [1.54, 1.807) is 0 Å². The largest absolute Gasteiger partial charge is 0.358 e. The van der Waals surface area contributed by atoms with Crippen molar-refractivity contribution in [2.45, 2.75) is 26.0 Å². The SMILES string of the molecule is CC(=O)NC1CC(C#N)CCO1. The van der Waals surface area contributed by atoms with Crippen LogP contribution in [0.25, 0.3) is 0 Å². The Kier molecular flexibility index (Phi) is 3.06. The summed E-state index contributed by atoms with van der Waals surface area (Å²) in [6, 6.07) is 2.18. The van der Waals surface area contributed by atoms with Gasteiger partial charge in [0.05, 0.1) is 18.6 Å². The Morgan fingerprint density at radius 1 is 1.75 bits per heavy atom. The number of hydrogen-bond acceptors (Lipinski definition) is 3. The van der Waals surface area contributed by atoms with E-state index in [0.717, 1.165) is 6.42 Å². The lowest BCUT2D eigenvalue weighted by molar-refractivity contribution is -0.125. The fourth-order valence-corrected chi connectivity index (χ4v) is 1.24. The molecule has 0 aromatic rings. The van der Waals surface area contributed by atoms with E-state index >= 15 is 0 Å². The quantitative estimate of drug-likeness (QED) is 0.616. The van der Waals surface area contributed by atoms with E-state index in [1.165, 1.54) is 6.92 Å². The molecule has 0 bridgehead atoms. The van der Waals surface area contributed by atoms with Crippen molar-refractivity contribution in [2.75, 3.05) is 6.61 Å². The van der Waals surface area contributed by atoms with Crippen molar-refractivity contribution in [3.63, 3.8) is 0 Å². The third kappa shape index (κ3) is 2.51. The van der Waals surface area contributed by atoms with Crippen LogP contribution in [0.4, 0.5) is 0 Å². The van der Waals surface area contributed by atoms with Gasteiger partial charge >= 0.3 is 0 Å². The Balaban J connectivity index is 2.36. The lowest BCUT2D eigenvalue weighted by atomic mass is 10.0. The first-order valence-corrected chi connectivity index (χ1v) is 4.00. The Labute approximate surface area is 71.5 Å². The molecular formula is C8H12N2O2. The van der Waals surface area contributed by atoms with Crippen LogP contribution in [0.5, 0.6) is 0 Å². The van der Waals surface area contributed by atoms with E-state index in [4.69, 9.17) is 10.00 Å². The third-order valence-electron chi connectivity index (χ3n) is 1.83. The molecular weight excluding hydrogens is 156 g/mol. The van der Waals surface area contributed by atoms with E-state index in [1.807, 2.05) is 0 Å². The second kappa shape index (κ2) is 4.07. The number of carbonyl (C=O) groups excluding carboxylic acids is 1. The molecule has 1 N–H and O–H groups in total. The molecule has 1 heterocycles. The highest BCUT2D eigenvalue weighted by atomic mass is 16.5. The Hall–Kier alpha value is -1.08. The van der Waals surface area contributed by atoms with Gasteiger partial charge in [-0.25, -0.2) is 0 Å². The molecule has 12 heavy (non-hydrogen) atoms. The molecule has 1 saturated heterocycles. The zero-order chi connectivity index (χ0) is 8.97. The zero-order valence-corrected chi connectivity index (χ0v) is 7.04. The van der Waals surface area contributed by atoms with Crippen LogP contribution >= 0.6 is 0 Å². The highest BCUT2D eigenvalue weighted by Gasteiger charge is 2.22. The van der Waals surface area contributed by atoms with Crippen molar-refractivity contribution in [1.82, 2.24) is 5.32 Å². The maximum Gasteiger partial charge on any atom is 0.218 e. The molecule has 0 spiro atoms. The normalized spacial score (nSPS) is 29.0. The van der Waals surface area contributed by atoms with E-state index in [9.17, 15) is 4.79 Å². The third-order valence-corrected chi connectivity index (χ3v) is 1.83. The molecule has 1 fully saturated rings. The summed E-state index contributed by atoms with van der Waals surface area (Å²) in [5.74, 6) is -0.0887. The van der Waals surface area contributed by atoms with Crippen molar-refractivity contribution in [2.24, 2.45) is 5.92 Å². The highest BCUT2D eigenvalue weighted by molar-refractivity contribution is 5.73. The van der Waals surface area contributed by atoms with E-state index in [0.29, 0.717) is 13.0 Å². The van der Waals surface area contributed by atoms with Crippen molar-refractivity contribution in [3.8, 4) is 6.07 Å². The van der Waals surface area contributed by atoms with Crippen LogP contribution in [0.2, 0.25) is 0 Å². The van der Waals surface area contributed by atoms with Gasteiger partial charge in [0, 0.05) is 13.3 Å². The van der Waals surface area contributed by atoms with Gasteiger partial charge in [0.25, 0.3) is 0 Å². The van der Waals surface area contributed by atoms with Crippen molar-refractivity contribution in [3.05, 3.63) is 0 Å². The summed E-state index contributed by atoms with van der Waals surface area (Å²) in [7, 11) is 0. The molecule has 0 aromatic carbocycles. The first kappa shape index (κ1) is 9.01. The summed E-state index contributed by atoms with van der Waals surface area (Å²) < 4.78 is 5.24. The summed E-state index contributed by atoms with van der Waals surface area (Å²) in [6.45, 7) is 2.00. The Morgan fingerprint density at radius 3 is 3.08 bits per heavy atom. The molecule has 1 aliphatic heterocycles. The number of nitrogens with one attached hydrogen (secondary N) is 1. The molecule has 2 unspecified atom stereocenters. The topological polar surface area (TPSA) is 62.1 Å². The fraction of sp³-hybridized carbons (Fsp3) is 0.750. The van der Waals surface area contributed by atoms with Crippen LogP contribution in [0.15, 0.2) is 0 Å². The van der Waals surface area contributed by atoms with Gasteiger partial charge in [-0.3, -0.25) is 4.79 Å². The average Bonchev–Trinajstić information content (AvgIpc) is 2.03. The second-order valence-electron chi connectivity index (χ2n) is 2.91. The van der Waals surface area contributed by atoms with Gasteiger partial charge in [-0.05, 0) is 6.42 Å². The molecule has 4 nitrogen and oxygen atoms in total. The predicted molar refractivity (Wildman–Crippen MR) is 41.9 cm³/mol.